The van der Waals surface area contributed by atoms with Crippen LogP contribution in [0.25, 0.3) is 10.1 Å². The summed E-state index contributed by atoms with van der Waals surface area (Å²) in [6, 6.07) is 13.5. The summed E-state index contributed by atoms with van der Waals surface area (Å²) in [6.45, 7) is 0. The topological polar surface area (TPSA) is 76.1 Å². The van der Waals surface area contributed by atoms with Gasteiger partial charge >= 0.3 is 0 Å². The van der Waals surface area contributed by atoms with Crippen LogP contribution in [0.2, 0.25) is 0 Å². The molecule has 0 spiro atoms. The van der Waals surface area contributed by atoms with Gasteiger partial charge in [0.1, 0.15) is 17.4 Å². The zero-order chi connectivity index (χ0) is 16.0. The Morgan fingerprint density at radius 2 is 2.04 bits per heavy atom. The van der Waals surface area contributed by atoms with Crippen molar-refractivity contribution in [2.24, 2.45) is 5.73 Å². The van der Waals surface area contributed by atoms with Gasteiger partial charge in [-0.15, -0.1) is 11.3 Å². The lowest BCUT2D eigenvalue weighted by atomic mass is 9.89. The average Bonchev–Trinajstić information content (AvgIpc) is 3.08. The van der Waals surface area contributed by atoms with E-state index in [1.54, 1.807) is 0 Å². The van der Waals surface area contributed by atoms with E-state index in [4.69, 9.17) is 10.5 Å². The van der Waals surface area contributed by atoms with Crippen molar-refractivity contribution in [1.29, 1.82) is 5.26 Å². The average molecular weight is 338 g/mol. The molecule has 3 aromatic rings. The highest BCUT2D eigenvalue weighted by molar-refractivity contribution is 7.16. The molecule has 0 aliphatic carbocycles. The molecule has 4 nitrogen and oxygen atoms in total. The Labute approximate surface area is 139 Å². The van der Waals surface area contributed by atoms with Gasteiger partial charge in [0.25, 0.3) is 0 Å². The Morgan fingerprint density at radius 1 is 1.22 bits per heavy atom. The molecule has 23 heavy (non-hydrogen) atoms. The number of nitrogens with zero attached hydrogens (tertiary/aromatic N) is 1. The van der Waals surface area contributed by atoms with Gasteiger partial charge in [-0.3, -0.25) is 4.79 Å². The Balaban J connectivity index is 2.11. The molecule has 0 fully saturated rings. The fourth-order valence-corrected chi connectivity index (χ4v) is 4.59. The van der Waals surface area contributed by atoms with Gasteiger partial charge in [0.15, 0.2) is 0 Å². The molecule has 2 aromatic heterocycles. The summed E-state index contributed by atoms with van der Waals surface area (Å²) >= 11 is 2.67. The number of ether oxygens (including phenoxy) is 1. The predicted octanol–water partition coefficient (Wildman–Crippen LogP) is 3.54. The molecule has 3 heterocycles. The first-order valence-corrected chi connectivity index (χ1v) is 8.57. The number of nitriles is 1. The number of fused-ring (bicyclic) bond motifs is 3. The largest absolute Gasteiger partial charge is 0.439 e. The van der Waals surface area contributed by atoms with Gasteiger partial charge in [-0.2, -0.15) is 5.26 Å². The van der Waals surface area contributed by atoms with Crippen molar-refractivity contribution in [1.82, 2.24) is 0 Å². The van der Waals surface area contributed by atoms with Crippen LogP contribution in [-0.2, 0) is 0 Å². The van der Waals surface area contributed by atoms with Crippen molar-refractivity contribution in [2.75, 3.05) is 0 Å². The SMILES string of the molecule is N#CC1=C(N)Oc2c(c(=O)sc3ccccc23)[C@H]1c1cccs1. The predicted molar refractivity (Wildman–Crippen MR) is 91.7 cm³/mol. The van der Waals surface area contributed by atoms with Crippen molar-refractivity contribution in [2.45, 2.75) is 5.92 Å². The quantitative estimate of drug-likeness (QED) is 0.736. The van der Waals surface area contributed by atoms with Gasteiger partial charge in [-0.05, 0) is 23.6 Å². The van der Waals surface area contributed by atoms with Gasteiger partial charge in [-0.25, -0.2) is 0 Å². The molecular weight excluding hydrogens is 328 g/mol. The molecular formula is C17H10N2O2S2. The molecule has 4 rings (SSSR count). The minimum Gasteiger partial charge on any atom is -0.439 e. The van der Waals surface area contributed by atoms with Crippen LogP contribution in [0.1, 0.15) is 16.4 Å². The Morgan fingerprint density at radius 3 is 2.78 bits per heavy atom. The third-order valence-corrected chi connectivity index (χ3v) is 5.72. The normalized spacial score (nSPS) is 16.7. The Hall–Kier alpha value is -2.62. The lowest BCUT2D eigenvalue weighted by Gasteiger charge is -2.25. The van der Waals surface area contributed by atoms with Crippen molar-refractivity contribution in [3.8, 4) is 11.8 Å². The van der Waals surface area contributed by atoms with Crippen molar-refractivity contribution < 1.29 is 4.74 Å². The smallest absolute Gasteiger partial charge is 0.240 e. The minimum atomic E-state index is -0.461. The maximum Gasteiger partial charge on any atom is 0.240 e. The Bertz CT molecular complexity index is 1040. The van der Waals surface area contributed by atoms with Crippen LogP contribution in [0.3, 0.4) is 0 Å². The van der Waals surface area contributed by atoms with Gasteiger partial charge in [0, 0.05) is 15.0 Å². The van der Waals surface area contributed by atoms with Crippen LogP contribution < -0.4 is 15.2 Å². The van der Waals surface area contributed by atoms with Crippen molar-refractivity contribution in [3.63, 3.8) is 0 Å². The molecule has 0 saturated carbocycles. The maximum absolute atomic E-state index is 12.7. The van der Waals surface area contributed by atoms with Crippen LogP contribution in [0.15, 0.2) is 58.0 Å². The first kappa shape index (κ1) is 14.0. The van der Waals surface area contributed by atoms with E-state index in [1.165, 1.54) is 22.7 Å². The van der Waals surface area contributed by atoms with E-state index in [2.05, 4.69) is 6.07 Å². The zero-order valence-corrected chi connectivity index (χ0v) is 13.4. The standard InChI is InChI=1S/C17H10N2O2S2/c18-8-10-13(12-6-3-7-22-12)14-15(21-16(10)19)9-4-1-2-5-11(9)23-17(14)20/h1-7,13H,19H2/t13-/m1/s1. The zero-order valence-electron chi connectivity index (χ0n) is 11.8. The van der Waals surface area contributed by atoms with Crippen LogP contribution >= 0.6 is 22.7 Å². The summed E-state index contributed by atoms with van der Waals surface area (Å²) in [5.41, 5.74) is 6.78. The summed E-state index contributed by atoms with van der Waals surface area (Å²) in [4.78, 5) is 13.6. The van der Waals surface area contributed by atoms with E-state index < -0.39 is 5.92 Å². The molecule has 112 valence electrons. The van der Waals surface area contributed by atoms with Gasteiger partial charge in [0.05, 0.1) is 11.5 Å². The van der Waals surface area contributed by atoms with Crippen molar-refractivity contribution in [3.05, 3.63) is 73.2 Å². The molecule has 2 N–H and O–H groups in total. The molecule has 1 aliphatic rings. The number of hydrogen-bond donors (Lipinski definition) is 1. The first-order chi connectivity index (χ1) is 11.2. The molecule has 0 bridgehead atoms. The summed E-state index contributed by atoms with van der Waals surface area (Å²) in [7, 11) is 0. The summed E-state index contributed by atoms with van der Waals surface area (Å²) in [5.74, 6) is 0.0792. The molecule has 6 heteroatoms. The van der Waals surface area contributed by atoms with E-state index in [1.807, 2.05) is 41.8 Å². The second-order valence-electron chi connectivity index (χ2n) is 5.07. The van der Waals surface area contributed by atoms with Gasteiger partial charge in [-0.1, -0.05) is 29.5 Å². The van der Waals surface area contributed by atoms with Crippen molar-refractivity contribution >= 4 is 32.8 Å². The monoisotopic (exact) mass is 338 g/mol. The second-order valence-corrected chi connectivity index (χ2v) is 7.06. The number of hydrogen-bond acceptors (Lipinski definition) is 6. The second kappa shape index (κ2) is 5.23. The van der Waals surface area contributed by atoms with Crippen LogP contribution in [0, 0.1) is 11.3 Å². The van der Waals surface area contributed by atoms with E-state index in [0.29, 0.717) is 16.9 Å². The third kappa shape index (κ3) is 2.05. The number of rotatable bonds is 1. The van der Waals surface area contributed by atoms with Crippen LogP contribution in [0.4, 0.5) is 0 Å². The molecule has 0 amide bonds. The third-order valence-electron chi connectivity index (χ3n) is 3.80. The molecule has 0 radical (unpaired) electrons. The molecule has 0 saturated heterocycles. The summed E-state index contributed by atoms with van der Waals surface area (Å²) in [6.07, 6.45) is 0. The fourth-order valence-electron chi connectivity index (χ4n) is 2.81. The van der Waals surface area contributed by atoms with E-state index in [9.17, 15) is 10.1 Å². The molecule has 1 aromatic carbocycles. The number of benzene rings is 1. The molecule has 0 unspecified atom stereocenters. The molecule has 1 atom stereocenters. The molecule has 1 aliphatic heterocycles. The highest BCUT2D eigenvalue weighted by Crippen LogP contribution is 2.45. The van der Waals surface area contributed by atoms with E-state index >= 15 is 0 Å². The number of nitrogens with two attached hydrogens (primary N) is 1. The summed E-state index contributed by atoms with van der Waals surface area (Å²) < 4.78 is 6.45. The summed E-state index contributed by atoms with van der Waals surface area (Å²) in [5, 5.41) is 12.3. The number of thiophene rings is 1. The van der Waals surface area contributed by atoms with Crippen LogP contribution in [0.5, 0.6) is 5.75 Å². The first-order valence-electron chi connectivity index (χ1n) is 6.87. The number of allylic oxidation sites excluding steroid dienone is 1. The minimum absolute atomic E-state index is 0.0687. The highest BCUT2D eigenvalue weighted by Gasteiger charge is 2.34. The fraction of sp³-hybridized carbons (Fsp3) is 0.0588. The van der Waals surface area contributed by atoms with Gasteiger partial charge in [0.2, 0.25) is 10.6 Å². The highest BCUT2D eigenvalue weighted by atomic mass is 32.1. The lowest BCUT2D eigenvalue weighted by Crippen LogP contribution is -2.25. The van der Waals surface area contributed by atoms with Gasteiger partial charge < -0.3 is 10.5 Å². The van der Waals surface area contributed by atoms with E-state index in [0.717, 1.165) is 15.0 Å². The van der Waals surface area contributed by atoms with E-state index in [-0.39, 0.29) is 10.6 Å². The van der Waals surface area contributed by atoms with Crippen LogP contribution in [-0.4, -0.2) is 0 Å². The maximum atomic E-state index is 12.7. The lowest BCUT2D eigenvalue weighted by molar-refractivity contribution is 0.398. The Kier molecular flexibility index (Phi) is 3.18.